The fourth-order valence-electron chi connectivity index (χ4n) is 2.09. The Balaban J connectivity index is 4.39. The molecule has 0 aromatic heterocycles. The molecule has 0 rings (SSSR count). The van der Waals surface area contributed by atoms with E-state index in [-0.39, 0.29) is 0 Å². The number of amides is 1. The van der Waals surface area contributed by atoms with E-state index in [0.717, 1.165) is 25.7 Å². The van der Waals surface area contributed by atoms with Crippen LogP contribution in [0.25, 0.3) is 0 Å². The molecule has 4 nitrogen and oxygen atoms in total. The molecule has 0 aliphatic heterocycles. The van der Waals surface area contributed by atoms with Crippen LogP contribution in [0.1, 0.15) is 52.4 Å². The molecule has 2 atom stereocenters. The van der Waals surface area contributed by atoms with Gasteiger partial charge in [0.05, 0.1) is 11.8 Å². The van der Waals surface area contributed by atoms with Gasteiger partial charge in [0.2, 0.25) is 5.91 Å². The molecule has 0 saturated heterocycles. The highest BCUT2D eigenvalue weighted by molar-refractivity contribution is 5.83. The van der Waals surface area contributed by atoms with Gasteiger partial charge in [0, 0.05) is 0 Å². The quantitative estimate of drug-likeness (QED) is 0.465. The summed E-state index contributed by atoms with van der Waals surface area (Å²) in [6.07, 6.45) is 8.57. The van der Waals surface area contributed by atoms with Crippen LogP contribution in [0.15, 0.2) is 12.2 Å². The topological polar surface area (TPSA) is 80.4 Å². The van der Waals surface area contributed by atoms with Crippen LogP contribution in [-0.2, 0) is 9.59 Å². The summed E-state index contributed by atoms with van der Waals surface area (Å²) in [5, 5.41) is 9.20. The summed E-state index contributed by atoms with van der Waals surface area (Å²) in [5.41, 5.74) is 5.30. The van der Waals surface area contributed by atoms with Crippen LogP contribution in [0.5, 0.6) is 0 Å². The van der Waals surface area contributed by atoms with E-state index in [1.807, 2.05) is 6.92 Å². The molecule has 104 valence electrons. The van der Waals surface area contributed by atoms with Crippen molar-refractivity contribution in [2.24, 2.45) is 17.6 Å². The van der Waals surface area contributed by atoms with Crippen LogP contribution in [0, 0.1) is 11.8 Å². The largest absolute Gasteiger partial charge is 0.481 e. The minimum absolute atomic E-state index is 0.492. The summed E-state index contributed by atoms with van der Waals surface area (Å²) < 4.78 is 0. The maximum absolute atomic E-state index is 11.3. The van der Waals surface area contributed by atoms with Crippen molar-refractivity contribution >= 4 is 11.9 Å². The van der Waals surface area contributed by atoms with Crippen molar-refractivity contribution in [2.45, 2.75) is 52.4 Å². The van der Waals surface area contributed by atoms with Crippen molar-refractivity contribution in [1.29, 1.82) is 0 Å². The van der Waals surface area contributed by atoms with Crippen molar-refractivity contribution in [3.8, 4) is 0 Å². The average Bonchev–Trinajstić information content (AvgIpc) is 2.31. The Morgan fingerprint density at radius 3 is 2.28 bits per heavy atom. The summed E-state index contributed by atoms with van der Waals surface area (Å²) in [7, 11) is 0. The molecule has 0 aliphatic carbocycles. The van der Waals surface area contributed by atoms with Gasteiger partial charge in [-0.2, -0.15) is 0 Å². The van der Waals surface area contributed by atoms with Gasteiger partial charge < -0.3 is 10.8 Å². The lowest BCUT2D eigenvalue weighted by Crippen LogP contribution is -2.34. The van der Waals surface area contributed by atoms with Crippen LogP contribution in [0.2, 0.25) is 0 Å². The van der Waals surface area contributed by atoms with Crippen molar-refractivity contribution < 1.29 is 14.7 Å². The van der Waals surface area contributed by atoms with Gasteiger partial charge >= 0.3 is 5.97 Å². The summed E-state index contributed by atoms with van der Waals surface area (Å²) in [5.74, 6) is -2.58. The molecular formula is C14H25NO3. The number of rotatable bonds is 10. The SMILES string of the molecule is CCC=CCCCC(C(=O)O)C(CCC)C(N)=O. The Kier molecular flexibility index (Phi) is 8.97. The predicted octanol–water partition coefficient (Wildman–Crippen LogP) is 2.73. The second-order valence-corrected chi connectivity index (χ2v) is 4.55. The van der Waals surface area contributed by atoms with E-state index in [0.29, 0.717) is 12.8 Å². The standard InChI is InChI=1S/C14H25NO3/c1-3-5-6-7-8-10-12(14(17)18)11(9-4-2)13(15)16/h5-6,11-12H,3-4,7-10H2,1-2H3,(H2,15,16)(H,17,18). The maximum Gasteiger partial charge on any atom is 0.307 e. The zero-order valence-corrected chi connectivity index (χ0v) is 11.4. The molecular weight excluding hydrogens is 230 g/mol. The molecule has 0 aromatic carbocycles. The Morgan fingerprint density at radius 2 is 1.83 bits per heavy atom. The third kappa shape index (κ3) is 6.42. The van der Waals surface area contributed by atoms with E-state index in [2.05, 4.69) is 19.1 Å². The lowest BCUT2D eigenvalue weighted by Gasteiger charge is -2.20. The van der Waals surface area contributed by atoms with Gasteiger partial charge in [0.1, 0.15) is 0 Å². The molecule has 0 aromatic rings. The maximum atomic E-state index is 11.3. The summed E-state index contributed by atoms with van der Waals surface area (Å²) >= 11 is 0. The van der Waals surface area contributed by atoms with E-state index in [1.54, 1.807) is 0 Å². The number of hydrogen-bond acceptors (Lipinski definition) is 2. The molecule has 0 spiro atoms. The van der Waals surface area contributed by atoms with Crippen molar-refractivity contribution in [3.63, 3.8) is 0 Å². The molecule has 18 heavy (non-hydrogen) atoms. The van der Waals surface area contributed by atoms with Crippen LogP contribution in [0.3, 0.4) is 0 Å². The molecule has 0 heterocycles. The Labute approximate surface area is 109 Å². The predicted molar refractivity (Wildman–Crippen MR) is 72.0 cm³/mol. The number of aliphatic carboxylic acids is 1. The second-order valence-electron chi connectivity index (χ2n) is 4.55. The number of unbranched alkanes of at least 4 members (excludes halogenated alkanes) is 1. The van der Waals surface area contributed by atoms with Gasteiger partial charge in [-0.15, -0.1) is 0 Å². The monoisotopic (exact) mass is 255 g/mol. The van der Waals surface area contributed by atoms with Crippen LogP contribution < -0.4 is 5.73 Å². The average molecular weight is 255 g/mol. The second kappa shape index (κ2) is 9.68. The lowest BCUT2D eigenvalue weighted by atomic mass is 9.84. The van der Waals surface area contributed by atoms with Crippen molar-refractivity contribution in [3.05, 3.63) is 12.2 Å². The Hall–Kier alpha value is -1.32. The Morgan fingerprint density at radius 1 is 1.17 bits per heavy atom. The number of primary amides is 1. The number of carboxylic acids is 1. The Bertz CT molecular complexity index is 287. The third-order valence-corrected chi connectivity index (χ3v) is 3.06. The fourth-order valence-corrected chi connectivity index (χ4v) is 2.09. The molecule has 1 amide bonds. The highest BCUT2D eigenvalue weighted by Gasteiger charge is 2.30. The van der Waals surface area contributed by atoms with Gasteiger partial charge in [-0.3, -0.25) is 9.59 Å². The van der Waals surface area contributed by atoms with Gasteiger partial charge in [-0.25, -0.2) is 0 Å². The number of allylic oxidation sites excluding steroid dienone is 2. The first-order valence-electron chi connectivity index (χ1n) is 6.71. The number of carboxylic acid groups (broad SMARTS) is 1. The van der Waals surface area contributed by atoms with E-state index in [9.17, 15) is 14.7 Å². The van der Waals surface area contributed by atoms with Gasteiger partial charge in [-0.05, 0) is 32.1 Å². The smallest absolute Gasteiger partial charge is 0.307 e. The van der Waals surface area contributed by atoms with Gasteiger partial charge in [0.15, 0.2) is 0 Å². The molecule has 0 bridgehead atoms. The zero-order valence-electron chi connectivity index (χ0n) is 11.4. The van der Waals surface area contributed by atoms with E-state index < -0.39 is 23.7 Å². The molecule has 4 heteroatoms. The number of carbonyl (C=O) groups excluding carboxylic acids is 1. The van der Waals surface area contributed by atoms with Gasteiger partial charge in [0.25, 0.3) is 0 Å². The summed E-state index contributed by atoms with van der Waals surface area (Å²) in [6, 6.07) is 0. The highest BCUT2D eigenvalue weighted by atomic mass is 16.4. The van der Waals surface area contributed by atoms with E-state index >= 15 is 0 Å². The molecule has 0 saturated carbocycles. The van der Waals surface area contributed by atoms with Crippen molar-refractivity contribution in [1.82, 2.24) is 0 Å². The number of carbonyl (C=O) groups is 2. The van der Waals surface area contributed by atoms with Crippen LogP contribution >= 0.6 is 0 Å². The van der Waals surface area contributed by atoms with Crippen LogP contribution in [0.4, 0.5) is 0 Å². The lowest BCUT2D eigenvalue weighted by molar-refractivity contribution is -0.147. The fraction of sp³-hybridized carbons (Fsp3) is 0.714. The highest BCUT2D eigenvalue weighted by Crippen LogP contribution is 2.23. The molecule has 3 N–H and O–H groups in total. The first kappa shape index (κ1) is 16.7. The molecule has 0 fully saturated rings. The zero-order chi connectivity index (χ0) is 14.0. The normalized spacial score (nSPS) is 14.6. The first-order valence-corrected chi connectivity index (χ1v) is 6.71. The van der Waals surface area contributed by atoms with E-state index in [1.165, 1.54) is 0 Å². The van der Waals surface area contributed by atoms with Crippen molar-refractivity contribution in [2.75, 3.05) is 0 Å². The van der Waals surface area contributed by atoms with E-state index in [4.69, 9.17) is 5.73 Å². The summed E-state index contributed by atoms with van der Waals surface area (Å²) in [6.45, 7) is 3.99. The molecule has 2 unspecified atom stereocenters. The minimum Gasteiger partial charge on any atom is -0.481 e. The molecule has 0 aliphatic rings. The minimum atomic E-state index is -0.910. The van der Waals surface area contributed by atoms with Gasteiger partial charge in [-0.1, -0.05) is 32.4 Å². The third-order valence-electron chi connectivity index (χ3n) is 3.06. The number of nitrogens with two attached hydrogens (primary N) is 1. The number of hydrogen-bond donors (Lipinski definition) is 2. The summed E-state index contributed by atoms with van der Waals surface area (Å²) in [4.78, 5) is 22.5. The van der Waals surface area contributed by atoms with Crippen LogP contribution in [-0.4, -0.2) is 17.0 Å². The first-order chi connectivity index (χ1) is 8.54. The molecule has 0 radical (unpaired) electrons.